The molecule has 1 atom stereocenters. The van der Waals surface area contributed by atoms with Crippen LogP contribution in [0.5, 0.6) is 11.5 Å². The minimum absolute atomic E-state index is 0.0201. The van der Waals surface area contributed by atoms with Crippen LogP contribution in [-0.2, 0) is 0 Å². The Balaban J connectivity index is 1.85. The molecule has 1 heterocycles. The first-order chi connectivity index (χ1) is 12.6. The van der Waals surface area contributed by atoms with Gasteiger partial charge in [0, 0.05) is 28.7 Å². The number of rotatable bonds is 8. The first kappa shape index (κ1) is 17.9. The van der Waals surface area contributed by atoms with Gasteiger partial charge in [0.2, 0.25) is 0 Å². The summed E-state index contributed by atoms with van der Waals surface area (Å²) < 4.78 is 11.2. The number of anilines is 1. The zero-order chi connectivity index (χ0) is 18.5. The van der Waals surface area contributed by atoms with E-state index < -0.39 is 6.04 Å². The molecule has 5 nitrogen and oxygen atoms in total. The molecule has 1 aromatic heterocycles. The minimum atomic E-state index is -0.412. The van der Waals surface area contributed by atoms with Crippen LogP contribution in [0.25, 0.3) is 10.9 Å². The van der Waals surface area contributed by atoms with Crippen LogP contribution in [0, 0.1) is 0 Å². The smallest absolute Gasteiger partial charge is 0.186 e. The number of hydrogen-bond acceptors (Lipinski definition) is 4. The van der Waals surface area contributed by atoms with Crippen LogP contribution in [-0.4, -0.2) is 30.0 Å². The van der Waals surface area contributed by atoms with E-state index >= 15 is 0 Å². The zero-order valence-electron chi connectivity index (χ0n) is 15.3. The number of H-pyrrole nitrogens is 1. The van der Waals surface area contributed by atoms with E-state index in [0.717, 1.165) is 22.3 Å². The Kier molecular flexibility index (Phi) is 5.46. The summed E-state index contributed by atoms with van der Waals surface area (Å²) in [5.74, 6) is 1.46. The molecule has 136 valence electrons. The molecule has 3 aromatic rings. The van der Waals surface area contributed by atoms with E-state index in [2.05, 4.69) is 10.3 Å². The third kappa shape index (κ3) is 3.67. The molecule has 0 aliphatic heterocycles. The van der Waals surface area contributed by atoms with Gasteiger partial charge in [-0.1, -0.05) is 18.2 Å². The summed E-state index contributed by atoms with van der Waals surface area (Å²) in [5.41, 5.74) is 2.38. The summed E-state index contributed by atoms with van der Waals surface area (Å²) in [5, 5.41) is 4.21. The number of ether oxygens (including phenoxy) is 2. The van der Waals surface area contributed by atoms with Crippen molar-refractivity contribution >= 4 is 22.4 Å². The van der Waals surface area contributed by atoms with Crippen molar-refractivity contribution in [1.82, 2.24) is 4.98 Å². The van der Waals surface area contributed by atoms with E-state index in [1.54, 1.807) is 6.20 Å². The predicted molar refractivity (Wildman–Crippen MR) is 104 cm³/mol. The summed E-state index contributed by atoms with van der Waals surface area (Å²) >= 11 is 0. The molecule has 0 aliphatic rings. The zero-order valence-corrected chi connectivity index (χ0v) is 15.3. The monoisotopic (exact) mass is 352 g/mol. The highest BCUT2D eigenvalue weighted by molar-refractivity contribution is 6.11. The van der Waals surface area contributed by atoms with Crippen molar-refractivity contribution in [2.45, 2.75) is 26.8 Å². The lowest BCUT2D eigenvalue weighted by molar-refractivity contribution is 0.0977. The standard InChI is InChI=1S/C21H24N2O3/c1-4-25-15-10-11-20(26-5-2)19(12-15)23-14(3)21(24)17-13-22-18-9-7-6-8-16(17)18/h6-14,22-23H,4-5H2,1-3H3. The van der Waals surface area contributed by atoms with Crippen LogP contribution < -0.4 is 14.8 Å². The number of ketones is 1. The van der Waals surface area contributed by atoms with Gasteiger partial charge in [0.05, 0.1) is 24.9 Å². The van der Waals surface area contributed by atoms with Gasteiger partial charge in [-0.3, -0.25) is 4.79 Å². The molecule has 0 amide bonds. The number of para-hydroxylation sites is 1. The van der Waals surface area contributed by atoms with E-state index in [1.807, 2.05) is 63.2 Å². The number of aromatic nitrogens is 1. The van der Waals surface area contributed by atoms with Gasteiger partial charge in [0.15, 0.2) is 5.78 Å². The van der Waals surface area contributed by atoms with Crippen LogP contribution in [0.1, 0.15) is 31.1 Å². The van der Waals surface area contributed by atoms with Gasteiger partial charge < -0.3 is 19.8 Å². The van der Waals surface area contributed by atoms with Crippen LogP contribution >= 0.6 is 0 Å². The summed E-state index contributed by atoms with van der Waals surface area (Å²) in [4.78, 5) is 16.1. The minimum Gasteiger partial charge on any atom is -0.494 e. The summed E-state index contributed by atoms with van der Waals surface area (Å²) in [7, 11) is 0. The molecule has 0 saturated heterocycles. The number of hydrogen-bond donors (Lipinski definition) is 2. The van der Waals surface area contributed by atoms with Gasteiger partial charge >= 0.3 is 0 Å². The fourth-order valence-electron chi connectivity index (χ4n) is 2.97. The SMILES string of the molecule is CCOc1ccc(OCC)c(NC(C)C(=O)c2c[nH]c3ccccc23)c1. The van der Waals surface area contributed by atoms with Crippen LogP contribution in [0.3, 0.4) is 0 Å². The Bertz CT molecular complexity index is 901. The van der Waals surface area contributed by atoms with Crippen molar-refractivity contribution in [2.24, 2.45) is 0 Å². The van der Waals surface area contributed by atoms with E-state index in [4.69, 9.17) is 9.47 Å². The first-order valence-electron chi connectivity index (χ1n) is 8.90. The highest BCUT2D eigenvalue weighted by Gasteiger charge is 2.20. The van der Waals surface area contributed by atoms with Gasteiger partial charge in [-0.05, 0) is 39.0 Å². The molecule has 0 aliphatic carbocycles. The lowest BCUT2D eigenvalue weighted by atomic mass is 10.0. The Morgan fingerprint density at radius 3 is 2.65 bits per heavy atom. The van der Waals surface area contributed by atoms with Crippen molar-refractivity contribution in [2.75, 3.05) is 18.5 Å². The Morgan fingerprint density at radius 1 is 1.12 bits per heavy atom. The van der Waals surface area contributed by atoms with Crippen molar-refractivity contribution in [3.63, 3.8) is 0 Å². The molecule has 0 spiro atoms. The second kappa shape index (κ2) is 7.95. The fourth-order valence-corrected chi connectivity index (χ4v) is 2.97. The fraction of sp³-hybridized carbons (Fsp3) is 0.286. The van der Waals surface area contributed by atoms with Crippen molar-refractivity contribution in [3.05, 3.63) is 54.2 Å². The van der Waals surface area contributed by atoms with Gasteiger partial charge in [-0.15, -0.1) is 0 Å². The maximum absolute atomic E-state index is 12.9. The van der Waals surface area contributed by atoms with Crippen molar-refractivity contribution in [1.29, 1.82) is 0 Å². The number of carbonyl (C=O) groups excluding carboxylic acids is 1. The summed E-state index contributed by atoms with van der Waals surface area (Å²) in [6.45, 7) is 6.85. The molecule has 5 heteroatoms. The largest absolute Gasteiger partial charge is 0.494 e. The Morgan fingerprint density at radius 2 is 1.88 bits per heavy atom. The number of Topliss-reactive ketones (excluding diaryl/α,β-unsaturated/α-hetero) is 1. The van der Waals surface area contributed by atoms with Crippen molar-refractivity contribution in [3.8, 4) is 11.5 Å². The topological polar surface area (TPSA) is 63.4 Å². The third-order valence-corrected chi connectivity index (χ3v) is 4.18. The molecule has 0 fully saturated rings. The van der Waals surface area contributed by atoms with Gasteiger partial charge in [-0.2, -0.15) is 0 Å². The summed E-state index contributed by atoms with van der Waals surface area (Å²) in [6, 6.07) is 13.0. The molecule has 2 N–H and O–H groups in total. The van der Waals surface area contributed by atoms with Gasteiger partial charge in [0.1, 0.15) is 11.5 Å². The molecule has 0 bridgehead atoms. The number of carbonyl (C=O) groups is 1. The molecule has 1 unspecified atom stereocenters. The van der Waals surface area contributed by atoms with Crippen molar-refractivity contribution < 1.29 is 14.3 Å². The molecule has 2 aromatic carbocycles. The quantitative estimate of drug-likeness (QED) is 0.579. The average Bonchev–Trinajstić information content (AvgIpc) is 3.07. The highest BCUT2D eigenvalue weighted by atomic mass is 16.5. The predicted octanol–water partition coefficient (Wildman–Crippen LogP) is 4.65. The molecule has 26 heavy (non-hydrogen) atoms. The Hall–Kier alpha value is -2.95. The highest BCUT2D eigenvalue weighted by Crippen LogP contribution is 2.30. The Labute approximate surface area is 153 Å². The number of nitrogens with one attached hydrogen (secondary N) is 2. The first-order valence-corrected chi connectivity index (χ1v) is 8.90. The maximum atomic E-state index is 12.9. The van der Waals surface area contributed by atoms with Gasteiger partial charge in [-0.25, -0.2) is 0 Å². The normalized spacial score (nSPS) is 12.0. The molecule has 0 radical (unpaired) electrons. The molecule has 0 saturated carbocycles. The average molecular weight is 352 g/mol. The second-order valence-corrected chi connectivity index (χ2v) is 6.00. The maximum Gasteiger partial charge on any atom is 0.186 e. The lowest BCUT2D eigenvalue weighted by Gasteiger charge is -2.18. The van der Waals surface area contributed by atoms with Crippen LogP contribution in [0.4, 0.5) is 5.69 Å². The molecular weight excluding hydrogens is 328 g/mol. The molecular formula is C21H24N2O3. The number of benzene rings is 2. The van der Waals surface area contributed by atoms with E-state index in [0.29, 0.717) is 24.5 Å². The molecule has 3 rings (SSSR count). The van der Waals surface area contributed by atoms with Gasteiger partial charge in [0.25, 0.3) is 0 Å². The van der Waals surface area contributed by atoms with E-state index in [1.165, 1.54) is 0 Å². The summed E-state index contributed by atoms with van der Waals surface area (Å²) in [6.07, 6.45) is 1.77. The lowest BCUT2D eigenvalue weighted by Crippen LogP contribution is -2.26. The van der Waals surface area contributed by atoms with E-state index in [-0.39, 0.29) is 5.78 Å². The van der Waals surface area contributed by atoms with Crippen LogP contribution in [0.2, 0.25) is 0 Å². The van der Waals surface area contributed by atoms with Crippen LogP contribution in [0.15, 0.2) is 48.7 Å². The van der Waals surface area contributed by atoms with E-state index in [9.17, 15) is 4.79 Å². The number of aromatic amines is 1. The second-order valence-electron chi connectivity index (χ2n) is 6.00. The third-order valence-electron chi connectivity index (χ3n) is 4.18. The number of fused-ring (bicyclic) bond motifs is 1.